The van der Waals surface area contributed by atoms with E-state index in [9.17, 15) is 21.6 Å². The van der Waals surface area contributed by atoms with Crippen LogP contribution in [0.4, 0.5) is 13.2 Å². The molecule has 0 unspecified atom stereocenters. The van der Waals surface area contributed by atoms with E-state index in [0.29, 0.717) is 24.5 Å². The first-order valence-electron chi connectivity index (χ1n) is 7.50. The van der Waals surface area contributed by atoms with Crippen LogP contribution in [0.15, 0.2) is 47.6 Å². The molecule has 1 fully saturated rings. The predicted molar refractivity (Wildman–Crippen MR) is 86.6 cm³/mol. The summed E-state index contributed by atoms with van der Waals surface area (Å²) in [4.78, 5) is 3.11. The lowest BCUT2D eigenvalue weighted by Gasteiger charge is -2.26. The van der Waals surface area contributed by atoms with Crippen LogP contribution in [0.5, 0.6) is 0 Å². The number of alkyl halides is 3. The van der Waals surface area contributed by atoms with Crippen LogP contribution in [-0.4, -0.2) is 24.3 Å². The Bertz CT molecular complexity index is 873. The Morgan fingerprint density at radius 2 is 1.84 bits per heavy atom. The van der Waals surface area contributed by atoms with Gasteiger partial charge in [0.2, 0.25) is 10.0 Å². The van der Waals surface area contributed by atoms with E-state index in [2.05, 4.69) is 4.98 Å². The number of pyridine rings is 1. The summed E-state index contributed by atoms with van der Waals surface area (Å²) >= 11 is 5.64. The second-order valence-electron chi connectivity index (χ2n) is 5.69. The summed E-state index contributed by atoms with van der Waals surface area (Å²) in [6.07, 6.45) is -0.650. The third kappa shape index (κ3) is 3.51. The molecule has 134 valence electrons. The first-order chi connectivity index (χ1) is 11.7. The molecule has 0 spiro atoms. The molecule has 0 N–H and O–H groups in total. The fourth-order valence-corrected chi connectivity index (χ4v) is 5.07. The number of hydrogen-bond acceptors (Lipinski definition) is 3. The van der Waals surface area contributed by atoms with E-state index in [4.69, 9.17) is 11.6 Å². The van der Waals surface area contributed by atoms with Gasteiger partial charge in [0.1, 0.15) is 0 Å². The van der Waals surface area contributed by atoms with Crippen molar-refractivity contribution in [2.45, 2.75) is 30.0 Å². The van der Waals surface area contributed by atoms with E-state index in [1.54, 1.807) is 12.1 Å². The minimum absolute atomic E-state index is 0.162. The highest BCUT2D eigenvalue weighted by Crippen LogP contribution is 2.41. The molecule has 0 bridgehead atoms. The van der Waals surface area contributed by atoms with Crippen molar-refractivity contribution in [3.8, 4) is 0 Å². The van der Waals surface area contributed by atoms with Gasteiger partial charge in [-0.1, -0.05) is 11.6 Å². The summed E-state index contributed by atoms with van der Waals surface area (Å²) in [5.41, 5.74) is -0.543. The van der Waals surface area contributed by atoms with Crippen molar-refractivity contribution in [3.63, 3.8) is 0 Å². The quantitative estimate of drug-likeness (QED) is 0.786. The molecular formula is C16H14ClF3N2O2S. The van der Waals surface area contributed by atoms with Gasteiger partial charge in [-0.25, -0.2) is 8.42 Å². The van der Waals surface area contributed by atoms with Crippen LogP contribution in [0.2, 0.25) is 5.02 Å². The van der Waals surface area contributed by atoms with Crippen LogP contribution in [-0.2, 0) is 16.2 Å². The molecule has 1 aliphatic rings. The van der Waals surface area contributed by atoms with E-state index in [1.165, 1.54) is 12.4 Å². The standard InChI is InChI=1S/C16H14ClF3N2O2S/c17-12-3-4-15(13(10-12)16(18,19)20)25(23,24)22-9-1-2-14(22)11-5-7-21-8-6-11/h3-8,10,14H,1-2,9H2/t14-/m1/s1. The van der Waals surface area contributed by atoms with Crippen LogP contribution in [0.25, 0.3) is 0 Å². The number of sulfonamides is 1. The Balaban J connectivity index is 2.08. The lowest BCUT2D eigenvalue weighted by atomic mass is 10.1. The molecule has 3 rings (SSSR count). The highest BCUT2D eigenvalue weighted by Gasteiger charge is 2.42. The van der Waals surface area contributed by atoms with Gasteiger partial charge in [-0.05, 0) is 48.7 Å². The maximum Gasteiger partial charge on any atom is 0.417 e. The fraction of sp³-hybridized carbons (Fsp3) is 0.312. The third-order valence-corrected chi connectivity index (χ3v) is 6.33. The van der Waals surface area contributed by atoms with Gasteiger partial charge < -0.3 is 0 Å². The Morgan fingerprint density at radius 1 is 1.16 bits per heavy atom. The summed E-state index contributed by atoms with van der Waals surface area (Å²) in [5, 5.41) is -0.168. The van der Waals surface area contributed by atoms with Crippen molar-refractivity contribution in [1.29, 1.82) is 0 Å². The molecule has 0 radical (unpaired) electrons. The topological polar surface area (TPSA) is 50.3 Å². The normalized spacial score (nSPS) is 19.3. The SMILES string of the molecule is O=S(=O)(c1ccc(Cl)cc1C(F)(F)F)N1CCC[C@@H]1c1ccncc1. The van der Waals surface area contributed by atoms with Crippen LogP contribution < -0.4 is 0 Å². The highest BCUT2D eigenvalue weighted by molar-refractivity contribution is 7.89. The number of benzene rings is 1. The number of halogens is 4. The van der Waals surface area contributed by atoms with Crippen molar-refractivity contribution in [2.24, 2.45) is 0 Å². The van der Waals surface area contributed by atoms with Crippen LogP contribution in [0.1, 0.15) is 30.0 Å². The molecular weight excluding hydrogens is 377 g/mol. The lowest BCUT2D eigenvalue weighted by molar-refractivity contribution is -0.139. The summed E-state index contributed by atoms with van der Waals surface area (Å²) in [5.74, 6) is 0. The Kier molecular flexibility index (Phi) is 4.78. The molecule has 1 saturated heterocycles. The summed E-state index contributed by atoms with van der Waals surface area (Å²) < 4.78 is 67.0. The first-order valence-corrected chi connectivity index (χ1v) is 9.31. The van der Waals surface area contributed by atoms with Crippen molar-refractivity contribution in [1.82, 2.24) is 9.29 Å². The average molecular weight is 391 g/mol. The van der Waals surface area contributed by atoms with E-state index in [1.807, 2.05) is 0 Å². The lowest BCUT2D eigenvalue weighted by Crippen LogP contribution is -2.32. The van der Waals surface area contributed by atoms with E-state index in [0.717, 1.165) is 16.4 Å². The smallest absolute Gasteiger partial charge is 0.265 e. The van der Waals surface area contributed by atoms with Crippen LogP contribution in [0.3, 0.4) is 0 Å². The zero-order chi connectivity index (χ0) is 18.2. The second-order valence-corrected chi connectivity index (χ2v) is 7.99. The highest BCUT2D eigenvalue weighted by atomic mass is 35.5. The largest absolute Gasteiger partial charge is 0.417 e. The summed E-state index contributed by atoms with van der Waals surface area (Å²) in [6.45, 7) is 0.162. The maximum atomic E-state index is 13.3. The fourth-order valence-electron chi connectivity index (χ4n) is 3.02. The van der Waals surface area contributed by atoms with Gasteiger partial charge in [0.15, 0.2) is 0 Å². The molecule has 4 nitrogen and oxygen atoms in total. The summed E-state index contributed by atoms with van der Waals surface area (Å²) in [6, 6.07) is 5.55. The number of aromatic nitrogens is 1. The van der Waals surface area contributed by atoms with Gasteiger partial charge in [-0.2, -0.15) is 17.5 Å². The molecule has 2 aromatic rings. The molecule has 0 saturated carbocycles. The van der Waals surface area contributed by atoms with Gasteiger partial charge >= 0.3 is 6.18 Å². The average Bonchev–Trinajstić information content (AvgIpc) is 3.05. The van der Waals surface area contributed by atoms with Crippen molar-refractivity contribution < 1.29 is 21.6 Å². The Morgan fingerprint density at radius 3 is 2.48 bits per heavy atom. The molecule has 25 heavy (non-hydrogen) atoms. The number of hydrogen-bond donors (Lipinski definition) is 0. The molecule has 1 aromatic carbocycles. The Hall–Kier alpha value is -1.64. The van der Waals surface area contributed by atoms with Crippen molar-refractivity contribution in [3.05, 3.63) is 58.9 Å². The molecule has 0 aliphatic carbocycles. The molecule has 2 heterocycles. The maximum absolute atomic E-state index is 13.3. The van der Waals surface area contributed by atoms with Gasteiger partial charge in [0, 0.05) is 24.0 Å². The zero-order valence-electron chi connectivity index (χ0n) is 12.9. The Labute approximate surface area is 148 Å². The first kappa shape index (κ1) is 18.2. The second kappa shape index (κ2) is 6.59. The monoisotopic (exact) mass is 390 g/mol. The van der Waals surface area contributed by atoms with Crippen molar-refractivity contribution in [2.75, 3.05) is 6.54 Å². The van der Waals surface area contributed by atoms with E-state index in [-0.39, 0.29) is 11.6 Å². The van der Waals surface area contributed by atoms with Crippen LogP contribution in [0, 0.1) is 0 Å². The van der Waals surface area contributed by atoms with Crippen molar-refractivity contribution >= 4 is 21.6 Å². The zero-order valence-corrected chi connectivity index (χ0v) is 14.4. The van der Waals surface area contributed by atoms with Gasteiger partial charge in [0.25, 0.3) is 0 Å². The summed E-state index contributed by atoms with van der Waals surface area (Å²) in [7, 11) is -4.33. The molecule has 0 amide bonds. The molecule has 9 heteroatoms. The number of rotatable bonds is 3. The van der Waals surface area contributed by atoms with Crippen LogP contribution >= 0.6 is 11.6 Å². The molecule has 1 aliphatic heterocycles. The minimum Gasteiger partial charge on any atom is -0.265 e. The number of nitrogens with zero attached hydrogens (tertiary/aromatic N) is 2. The molecule has 1 aromatic heterocycles. The minimum atomic E-state index is -4.82. The van der Waals surface area contributed by atoms with E-state index < -0.39 is 32.7 Å². The van der Waals surface area contributed by atoms with Gasteiger partial charge in [-0.3, -0.25) is 4.98 Å². The van der Waals surface area contributed by atoms with Gasteiger partial charge in [-0.15, -0.1) is 0 Å². The van der Waals surface area contributed by atoms with E-state index >= 15 is 0 Å². The molecule has 1 atom stereocenters. The predicted octanol–water partition coefficient (Wildman–Crippen LogP) is 4.28. The van der Waals surface area contributed by atoms with Gasteiger partial charge in [0.05, 0.1) is 16.5 Å². The third-order valence-electron chi connectivity index (χ3n) is 4.13.